The maximum absolute atomic E-state index is 13.2. The molecular weight excluding hydrogens is 506 g/mol. The van der Waals surface area contributed by atoms with E-state index in [-0.39, 0.29) is 23.9 Å². The molecule has 2 aromatic heterocycles. The second kappa shape index (κ2) is 8.97. The Hall–Kier alpha value is -4.76. The van der Waals surface area contributed by atoms with E-state index in [4.69, 9.17) is 16.3 Å². The molecule has 3 aromatic carbocycles. The molecule has 10 heteroatoms. The van der Waals surface area contributed by atoms with Crippen molar-refractivity contribution in [3.8, 4) is 5.75 Å². The summed E-state index contributed by atoms with van der Waals surface area (Å²) in [6.45, 7) is 1.73. The van der Waals surface area contributed by atoms with Crippen LogP contribution >= 0.6 is 11.6 Å². The first-order chi connectivity index (χ1) is 18.4. The van der Waals surface area contributed by atoms with E-state index in [0.717, 1.165) is 10.9 Å². The maximum Gasteiger partial charge on any atom is 0.298 e. The number of halogens is 1. The largest absolute Gasteiger partial charge is 0.496 e. The molecule has 0 radical (unpaired) electrons. The lowest BCUT2D eigenvalue weighted by atomic mass is 10.1. The van der Waals surface area contributed by atoms with Crippen LogP contribution in [0.4, 0.5) is 0 Å². The Morgan fingerprint density at radius 3 is 2.47 bits per heavy atom. The minimum Gasteiger partial charge on any atom is -0.496 e. The summed E-state index contributed by atoms with van der Waals surface area (Å²) in [5, 5.41) is 5.70. The lowest BCUT2D eigenvalue weighted by Gasteiger charge is -2.16. The van der Waals surface area contributed by atoms with E-state index >= 15 is 0 Å². The number of aromatic nitrogens is 3. The van der Waals surface area contributed by atoms with E-state index in [9.17, 15) is 14.4 Å². The number of nitrogens with zero attached hydrogens (tertiary/aromatic N) is 4. The summed E-state index contributed by atoms with van der Waals surface area (Å²) in [6, 6.07) is 17.3. The molecule has 0 aliphatic carbocycles. The molecule has 0 atom stereocenters. The van der Waals surface area contributed by atoms with Crippen LogP contribution in [0.25, 0.3) is 21.9 Å². The number of carbonyl (C=O) groups is 2. The minimum absolute atomic E-state index is 0.0291. The van der Waals surface area contributed by atoms with Crippen molar-refractivity contribution in [1.82, 2.24) is 19.5 Å². The second-order valence-electron chi connectivity index (χ2n) is 8.87. The van der Waals surface area contributed by atoms with Crippen LogP contribution in [-0.4, -0.2) is 44.7 Å². The quantitative estimate of drug-likeness (QED) is 0.268. The van der Waals surface area contributed by atoms with Crippen LogP contribution in [0.2, 0.25) is 5.02 Å². The standard InChI is InChI=1S/C28H20ClN5O4/c1-15-31-24-21-12-18(29)8-9-22(21)32-25(24)28(37)34(15)30-13-16-7-10-23(38-2)17(11-16)14-33-26(35)19-5-3-4-6-20(19)27(33)36/h3-13,32H,14H2,1-2H3. The number of nitrogens with one attached hydrogen (secondary N) is 1. The van der Waals surface area contributed by atoms with Crippen molar-refractivity contribution in [3.05, 3.63) is 104 Å². The van der Waals surface area contributed by atoms with Gasteiger partial charge in [-0.1, -0.05) is 23.7 Å². The summed E-state index contributed by atoms with van der Waals surface area (Å²) in [6.07, 6.45) is 1.52. The zero-order valence-electron chi connectivity index (χ0n) is 20.4. The Bertz CT molecular complexity index is 1850. The van der Waals surface area contributed by atoms with Crippen molar-refractivity contribution < 1.29 is 14.3 Å². The van der Waals surface area contributed by atoms with Gasteiger partial charge in [-0.2, -0.15) is 9.78 Å². The summed E-state index contributed by atoms with van der Waals surface area (Å²) < 4.78 is 6.69. The smallest absolute Gasteiger partial charge is 0.298 e. The van der Waals surface area contributed by atoms with E-state index in [1.54, 1.807) is 67.6 Å². The van der Waals surface area contributed by atoms with Crippen LogP contribution < -0.4 is 10.3 Å². The number of hydrogen-bond acceptors (Lipinski definition) is 6. The van der Waals surface area contributed by atoms with Gasteiger partial charge in [0.2, 0.25) is 0 Å². The summed E-state index contributed by atoms with van der Waals surface area (Å²) in [7, 11) is 1.52. The Balaban J connectivity index is 1.35. The molecule has 188 valence electrons. The zero-order valence-corrected chi connectivity index (χ0v) is 21.1. The highest BCUT2D eigenvalue weighted by Crippen LogP contribution is 2.28. The maximum atomic E-state index is 13.2. The number of H-pyrrole nitrogens is 1. The number of amides is 2. The van der Waals surface area contributed by atoms with Gasteiger partial charge in [0.1, 0.15) is 22.6 Å². The zero-order chi connectivity index (χ0) is 26.6. The number of methoxy groups -OCH3 is 1. The number of aryl methyl sites for hydroxylation is 1. The molecule has 0 unspecified atom stereocenters. The molecule has 1 aliphatic rings. The van der Waals surface area contributed by atoms with Crippen LogP contribution in [0.3, 0.4) is 0 Å². The van der Waals surface area contributed by atoms with Crippen LogP contribution in [0.5, 0.6) is 5.75 Å². The van der Waals surface area contributed by atoms with E-state index in [1.807, 2.05) is 0 Å². The fraction of sp³-hybridized carbons (Fsp3) is 0.107. The van der Waals surface area contributed by atoms with Crippen molar-refractivity contribution in [2.45, 2.75) is 13.5 Å². The molecule has 38 heavy (non-hydrogen) atoms. The highest BCUT2D eigenvalue weighted by atomic mass is 35.5. The summed E-state index contributed by atoms with van der Waals surface area (Å²) >= 11 is 6.13. The first kappa shape index (κ1) is 23.6. The number of fused-ring (bicyclic) bond motifs is 4. The predicted molar refractivity (Wildman–Crippen MR) is 144 cm³/mol. The van der Waals surface area contributed by atoms with Crippen molar-refractivity contribution in [2.75, 3.05) is 7.11 Å². The van der Waals surface area contributed by atoms with Crippen LogP contribution in [-0.2, 0) is 6.54 Å². The van der Waals surface area contributed by atoms with Gasteiger partial charge in [-0.25, -0.2) is 4.98 Å². The molecule has 0 spiro atoms. The molecule has 5 aromatic rings. The molecule has 1 N–H and O–H groups in total. The number of benzene rings is 3. The summed E-state index contributed by atoms with van der Waals surface area (Å²) in [4.78, 5) is 47.8. The summed E-state index contributed by atoms with van der Waals surface area (Å²) in [5.74, 6) is 0.215. The molecule has 0 bridgehead atoms. The van der Waals surface area contributed by atoms with E-state index < -0.39 is 0 Å². The first-order valence-electron chi connectivity index (χ1n) is 11.7. The highest BCUT2D eigenvalue weighted by molar-refractivity contribution is 6.31. The lowest BCUT2D eigenvalue weighted by Crippen LogP contribution is -2.29. The third-order valence-corrected chi connectivity index (χ3v) is 6.79. The van der Waals surface area contributed by atoms with Crippen molar-refractivity contribution in [2.24, 2.45) is 5.10 Å². The van der Waals surface area contributed by atoms with Crippen LogP contribution in [0.1, 0.15) is 37.7 Å². The average molecular weight is 526 g/mol. The van der Waals surface area contributed by atoms with Crippen molar-refractivity contribution >= 4 is 51.6 Å². The molecule has 0 saturated carbocycles. The highest BCUT2D eigenvalue weighted by Gasteiger charge is 2.35. The van der Waals surface area contributed by atoms with E-state index in [2.05, 4.69) is 15.1 Å². The molecule has 6 rings (SSSR count). The lowest BCUT2D eigenvalue weighted by molar-refractivity contribution is 0.0641. The van der Waals surface area contributed by atoms with E-state index in [1.165, 1.54) is 22.9 Å². The Labute approximate surface area is 220 Å². The molecule has 1 aliphatic heterocycles. The third kappa shape index (κ3) is 3.75. The Kier molecular flexibility index (Phi) is 5.57. The second-order valence-corrected chi connectivity index (χ2v) is 9.31. The van der Waals surface area contributed by atoms with Crippen LogP contribution in [0.15, 0.2) is 70.6 Å². The monoisotopic (exact) mass is 525 g/mol. The third-order valence-electron chi connectivity index (χ3n) is 6.55. The van der Waals surface area contributed by atoms with Gasteiger partial charge in [-0.15, -0.1) is 0 Å². The van der Waals surface area contributed by atoms with Gasteiger partial charge in [0, 0.05) is 21.5 Å². The van der Waals surface area contributed by atoms with Crippen LogP contribution in [0, 0.1) is 6.92 Å². The van der Waals surface area contributed by atoms with Gasteiger partial charge in [-0.05, 0) is 61.0 Å². The molecular formula is C28H20ClN5O4. The van der Waals surface area contributed by atoms with Gasteiger partial charge in [0.25, 0.3) is 17.4 Å². The van der Waals surface area contributed by atoms with Gasteiger partial charge in [0.05, 0.1) is 31.0 Å². The van der Waals surface area contributed by atoms with Crippen molar-refractivity contribution in [1.29, 1.82) is 0 Å². The fourth-order valence-corrected chi connectivity index (χ4v) is 4.87. The van der Waals surface area contributed by atoms with Gasteiger partial charge >= 0.3 is 0 Å². The first-order valence-corrected chi connectivity index (χ1v) is 12.1. The predicted octanol–water partition coefficient (Wildman–Crippen LogP) is 4.53. The molecule has 2 amide bonds. The number of hydrogen-bond donors (Lipinski definition) is 1. The number of rotatable bonds is 5. The number of ether oxygens (including phenoxy) is 1. The minimum atomic E-state index is -0.354. The normalized spacial score (nSPS) is 13.3. The molecule has 0 fully saturated rings. The average Bonchev–Trinajstić information content (AvgIpc) is 3.39. The fourth-order valence-electron chi connectivity index (χ4n) is 4.70. The SMILES string of the molecule is COc1ccc(C=Nn2c(C)nc3c([nH]c4ccc(Cl)cc43)c2=O)cc1CN1C(=O)c2ccccc2C1=O. The van der Waals surface area contributed by atoms with Crippen molar-refractivity contribution in [3.63, 3.8) is 0 Å². The van der Waals surface area contributed by atoms with Gasteiger partial charge in [0.15, 0.2) is 0 Å². The molecule has 3 heterocycles. The molecule has 9 nitrogen and oxygen atoms in total. The number of carbonyl (C=O) groups excluding carboxylic acids is 2. The van der Waals surface area contributed by atoms with Gasteiger partial charge in [-0.3, -0.25) is 19.3 Å². The topological polar surface area (TPSA) is 110 Å². The number of imide groups is 1. The number of aromatic amines is 1. The molecule has 0 saturated heterocycles. The van der Waals surface area contributed by atoms with Gasteiger partial charge < -0.3 is 9.72 Å². The Morgan fingerprint density at radius 2 is 1.76 bits per heavy atom. The summed E-state index contributed by atoms with van der Waals surface area (Å²) in [5.41, 5.74) is 3.29. The van der Waals surface area contributed by atoms with E-state index in [0.29, 0.717) is 49.9 Å². The Morgan fingerprint density at radius 1 is 1.03 bits per heavy atom.